The number of nitrogens with zero attached hydrogens (tertiary/aromatic N) is 2. The van der Waals surface area contributed by atoms with Gasteiger partial charge in [-0.2, -0.15) is 0 Å². The molecule has 0 spiro atoms. The molecule has 1 aliphatic rings. The van der Waals surface area contributed by atoms with Crippen molar-refractivity contribution in [3.05, 3.63) is 42.4 Å². The minimum atomic E-state index is -0.906. The van der Waals surface area contributed by atoms with E-state index in [-0.39, 0.29) is 16.5 Å². The number of esters is 1. The van der Waals surface area contributed by atoms with Crippen LogP contribution < -0.4 is 0 Å². The number of ether oxygens (including phenoxy) is 1. The third-order valence-electron chi connectivity index (χ3n) is 4.92. The topological polar surface area (TPSA) is 113 Å². The quantitative estimate of drug-likeness (QED) is 0.374. The van der Waals surface area contributed by atoms with Crippen molar-refractivity contribution in [3.8, 4) is 0 Å². The molecular weight excluding hydrogens is 408 g/mol. The highest BCUT2D eigenvalue weighted by molar-refractivity contribution is 9.10. The maximum absolute atomic E-state index is 12.7. The molecule has 0 radical (unpaired) electrons. The van der Waals surface area contributed by atoms with E-state index in [1.54, 1.807) is 0 Å². The summed E-state index contributed by atoms with van der Waals surface area (Å²) in [5, 5.41) is 22.4. The zero-order valence-corrected chi connectivity index (χ0v) is 16.4. The van der Waals surface area contributed by atoms with Crippen LogP contribution in [0.3, 0.4) is 0 Å². The highest BCUT2D eigenvalue weighted by Crippen LogP contribution is 2.39. The molecule has 3 atom stereocenters. The Labute approximate surface area is 159 Å². The van der Waals surface area contributed by atoms with Crippen LogP contribution in [0.5, 0.6) is 0 Å². The maximum atomic E-state index is 12.7. The first-order valence-corrected chi connectivity index (χ1v) is 9.25. The van der Waals surface area contributed by atoms with E-state index in [0.29, 0.717) is 18.3 Å². The molecule has 0 amide bonds. The zero-order chi connectivity index (χ0) is 19.6. The molecule has 3 unspecified atom stereocenters. The fourth-order valence-electron chi connectivity index (χ4n) is 3.49. The molecule has 1 aliphatic carbocycles. The van der Waals surface area contributed by atoms with Crippen LogP contribution in [0, 0.1) is 38.0 Å². The van der Waals surface area contributed by atoms with Crippen molar-refractivity contribution in [2.24, 2.45) is 17.8 Å². The van der Waals surface area contributed by atoms with Crippen LogP contribution in [0.25, 0.3) is 0 Å². The summed E-state index contributed by atoms with van der Waals surface area (Å²) >= 11 is 2.98. The van der Waals surface area contributed by atoms with Crippen LogP contribution in [-0.4, -0.2) is 21.9 Å². The highest BCUT2D eigenvalue weighted by atomic mass is 79.9. The van der Waals surface area contributed by atoms with Crippen molar-refractivity contribution in [1.82, 2.24) is 0 Å². The molecule has 1 aromatic rings. The van der Waals surface area contributed by atoms with Gasteiger partial charge in [-0.3, -0.25) is 20.2 Å². The molecule has 0 bridgehead atoms. The van der Waals surface area contributed by atoms with Gasteiger partial charge in [0.15, 0.2) is 5.56 Å². The third kappa shape index (κ3) is 4.20. The monoisotopic (exact) mass is 428 g/mol. The lowest BCUT2D eigenvalue weighted by Crippen LogP contribution is -2.36. The van der Waals surface area contributed by atoms with Crippen molar-refractivity contribution < 1.29 is 19.4 Å². The number of hydrogen-bond donors (Lipinski definition) is 0. The number of hydrogen-bond acceptors (Lipinski definition) is 6. The van der Waals surface area contributed by atoms with Gasteiger partial charge in [0, 0.05) is 12.1 Å². The predicted molar refractivity (Wildman–Crippen MR) is 98.0 cm³/mol. The molecule has 142 valence electrons. The lowest BCUT2D eigenvalue weighted by Gasteiger charge is -2.36. The van der Waals surface area contributed by atoms with Crippen LogP contribution in [-0.2, 0) is 4.74 Å². The standard InChI is InChI=1S/C17H21BrN2O6/c1-9(2)11-5-4-10(3)8-14(11)26-17(21)15-12(19(22)23)6-7-13(16(15)18)20(24)25/h6-7,9-11,14H,4-5,8H2,1-3H3. The van der Waals surface area contributed by atoms with Gasteiger partial charge in [0.1, 0.15) is 10.6 Å². The van der Waals surface area contributed by atoms with Gasteiger partial charge in [0.2, 0.25) is 0 Å². The van der Waals surface area contributed by atoms with Crippen molar-refractivity contribution in [2.75, 3.05) is 0 Å². The lowest BCUT2D eigenvalue weighted by molar-refractivity contribution is -0.390. The van der Waals surface area contributed by atoms with E-state index in [1.807, 2.05) is 13.8 Å². The fourth-order valence-corrected chi connectivity index (χ4v) is 4.13. The van der Waals surface area contributed by atoms with Gasteiger partial charge in [-0.1, -0.05) is 27.2 Å². The number of halogens is 1. The zero-order valence-electron chi connectivity index (χ0n) is 14.8. The van der Waals surface area contributed by atoms with Crippen molar-refractivity contribution in [2.45, 2.75) is 46.1 Å². The molecule has 0 heterocycles. The van der Waals surface area contributed by atoms with E-state index < -0.39 is 32.8 Å². The summed E-state index contributed by atoms with van der Waals surface area (Å²) in [5.74, 6) is -0.0705. The lowest BCUT2D eigenvalue weighted by atomic mass is 9.75. The van der Waals surface area contributed by atoms with Gasteiger partial charge in [0.25, 0.3) is 11.4 Å². The van der Waals surface area contributed by atoms with Gasteiger partial charge < -0.3 is 4.74 Å². The Bertz CT molecular complexity index is 736. The van der Waals surface area contributed by atoms with Crippen LogP contribution >= 0.6 is 15.9 Å². The molecule has 9 heteroatoms. The van der Waals surface area contributed by atoms with Crippen LogP contribution in [0.4, 0.5) is 11.4 Å². The third-order valence-corrected chi connectivity index (χ3v) is 5.72. The average molecular weight is 429 g/mol. The molecule has 1 fully saturated rings. The van der Waals surface area contributed by atoms with E-state index in [9.17, 15) is 25.0 Å². The summed E-state index contributed by atoms with van der Waals surface area (Å²) in [6.07, 6.45) is 2.26. The SMILES string of the molecule is CC1CCC(C(C)C)C(OC(=O)c2c([N+](=O)[O-])ccc([N+](=O)[O-])c2Br)C1. The normalized spacial score (nSPS) is 22.9. The van der Waals surface area contributed by atoms with E-state index in [1.165, 1.54) is 0 Å². The molecule has 1 aromatic carbocycles. The van der Waals surface area contributed by atoms with Gasteiger partial charge in [-0.15, -0.1) is 0 Å². The summed E-state index contributed by atoms with van der Waals surface area (Å²) in [4.78, 5) is 33.7. The van der Waals surface area contributed by atoms with Crippen LogP contribution in [0.1, 0.15) is 50.4 Å². The molecule has 26 heavy (non-hydrogen) atoms. The van der Waals surface area contributed by atoms with E-state index in [2.05, 4.69) is 22.9 Å². The molecule has 2 rings (SSSR count). The highest BCUT2D eigenvalue weighted by Gasteiger charge is 2.37. The minimum Gasteiger partial charge on any atom is -0.458 e. The summed E-state index contributed by atoms with van der Waals surface area (Å²) in [6, 6.07) is 1.96. The summed E-state index contributed by atoms with van der Waals surface area (Å²) in [7, 11) is 0. The first-order valence-electron chi connectivity index (χ1n) is 8.45. The second-order valence-electron chi connectivity index (χ2n) is 7.08. The van der Waals surface area contributed by atoms with Gasteiger partial charge in [-0.05, 0) is 46.5 Å². The largest absolute Gasteiger partial charge is 0.458 e. The van der Waals surface area contributed by atoms with Gasteiger partial charge in [-0.25, -0.2) is 4.79 Å². The Hall–Kier alpha value is -2.03. The summed E-state index contributed by atoms with van der Waals surface area (Å²) in [6.45, 7) is 6.17. The summed E-state index contributed by atoms with van der Waals surface area (Å²) < 4.78 is 5.40. The van der Waals surface area contributed by atoms with Crippen molar-refractivity contribution >= 4 is 33.3 Å². The molecule has 0 aromatic heterocycles. The number of rotatable bonds is 5. The molecule has 0 aliphatic heterocycles. The van der Waals surface area contributed by atoms with Crippen molar-refractivity contribution in [3.63, 3.8) is 0 Å². The van der Waals surface area contributed by atoms with Crippen molar-refractivity contribution in [1.29, 1.82) is 0 Å². The number of benzene rings is 1. The Morgan fingerprint density at radius 2 is 1.77 bits per heavy atom. The Balaban J connectivity index is 2.40. The van der Waals surface area contributed by atoms with Gasteiger partial charge in [0.05, 0.1) is 9.85 Å². The van der Waals surface area contributed by atoms with Crippen LogP contribution in [0.2, 0.25) is 0 Å². The smallest absolute Gasteiger partial charge is 0.346 e. The number of nitro benzene ring substituents is 2. The average Bonchev–Trinajstić information content (AvgIpc) is 2.53. The van der Waals surface area contributed by atoms with Gasteiger partial charge >= 0.3 is 5.97 Å². The maximum Gasteiger partial charge on any atom is 0.346 e. The van der Waals surface area contributed by atoms with E-state index in [0.717, 1.165) is 25.0 Å². The molecule has 8 nitrogen and oxygen atoms in total. The Morgan fingerprint density at radius 1 is 1.19 bits per heavy atom. The fraction of sp³-hybridized carbons (Fsp3) is 0.588. The molecule has 0 saturated heterocycles. The van der Waals surface area contributed by atoms with Crippen LogP contribution in [0.15, 0.2) is 16.6 Å². The van der Waals surface area contributed by atoms with E-state index >= 15 is 0 Å². The Kier molecular flexibility index (Phi) is 6.33. The first kappa shape index (κ1) is 20.3. The first-order chi connectivity index (χ1) is 12.1. The molecule has 1 saturated carbocycles. The second-order valence-corrected chi connectivity index (χ2v) is 7.87. The minimum absolute atomic E-state index is 0.159. The number of carbonyl (C=O) groups is 1. The number of nitro groups is 2. The second kappa shape index (κ2) is 8.11. The van der Waals surface area contributed by atoms with E-state index in [4.69, 9.17) is 4.74 Å². The molecular formula is C17H21BrN2O6. The summed E-state index contributed by atoms with van der Waals surface area (Å²) in [5.41, 5.74) is -1.35. The Morgan fingerprint density at radius 3 is 2.31 bits per heavy atom. The molecule has 0 N–H and O–H groups in total. The number of carbonyl (C=O) groups excluding carboxylic acids is 1. The predicted octanol–water partition coefficient (Wildman–Crippen LogP) is 4.88.